The molecule has 0 fully saturated rings. The minimum absolute atomic E-state index is 0.202. The molecule has 2 radical (unpaired) electrons. The third-order valence-electron chi connectivity index (χ3n) is 4.21. The van der Waals surface area contributed by atoms with Crippen molar-refractivity contribution in [3.63, 3.8) is 0 Å². The van der Waals surface area contributed by atoms with Crippen LogP contribution >= 0.6 is 0 Å². The Morgan fingerprint density at radius 1 is 1.36 bits per heavy atom. The van der Waals surface area contributed by atoms with Crippen LogP contribution in [0.1, 0.15) is 27.7 Å². The summed E-state index contributed by atoms with van der Waals surface area (Å²) in [5, 5.41) is 8.54. The molecule has 0 saturated heterocycles. The molecule has 1 rings (SSSR count). The lowest BCUT2D eigenvalue weighted by molar-refractivity contribution is -0.132. The van der Waals surface area contributed by atoms with Gasteiger partial charge in [-0.1, -0.05) is 32.9 Å². The van der Waals surface area contributed by atoms with Gasteiger partial charge in [0.2, 0.25) is 11.8 Å². The Morgan fingerprint density at radius 2 is 2.00 bits per heavy atom. The summed E-state index contributed by atoms with van der Waals surface area (Å²) in [6.45, 7) is 8.78. The predicted molar refractivity (Wildman–Crippen MR) is 102 cm³/mol. The molecule has 0 spiro atoms. The van der Waals surface area contributed by atoms with Gasteiger partial charge >= 0.3 is 0 Å². The number of hydrogen-bond donors (Lipinski definition) is 3. The maximum Gasteiger partial charge on any atom is 0.247 e. The molecule has 1 aliphatic heterocycles. The Bertz CT molecular complexity index is 542. The van der Waals surface area contributed by atoms with Crippen LogP contribution in [-0.2, 0) is 9.59 Å². The summed E-state index contributed by atoms with van der Waals surface area (Å²) in [6, 6.07) is -1.51. The lowest BCUT2D eigenvalue weighted by Gasteiger charge is -2.32. The van der Waals surface area contributed by atoms with Crippen LogP contribution in [-0.4, -0.2) is 75.6 Å². The number of likely N-dealkylation sites (N-methyl/N-ethyl adjacent to an activating group) is 2. The van der Waals surface area contributed by atoms with Gasteiger partial charge < -0.3 is 20.9 Å². The zero-order valence-electron chi connectivity index (χ0n) is 16.1. The number of allylic oxidation sites excluding steroid dienone is 1. The van der Waals surface area contributed by atoms with E-state index in [0.29, 0.717) is 18.8 Å². The van der Waals surface area contributed by atoms with Crippen molar-refractivity contribution in [2.45, 2.75) is 45.8 Å². The monoisotopic (exact) mass is 347 g/mol. The van der Waals surface area contributed by atoms with E-state index in [4.69, 9.17) is 7.85 Å². The van der Waals surface area contributed by atoms with E-state index < -0.39 is 17.5 Å². The lowest BCUT2D eigenvalue weighted by Crippen LogP contribution is -2.57. The van der Waals surface area contributed by atoms with Crippen LogP contribution in [0.4, 0.5) is 0 Å². The topological polar surface area (TPSA) is 85.8 Å². The molecule has 0 aromatic rings. The molecule has 0 aromatic heterocycles. The van der Waals surface area contributed by atoms with Crippen LogP contribution in [0, 0.1) is 5.41 Å². The molecule has 0 bridgehead atoms. The molecule has 1 heterocycles. The highest BCUT2D eigenvalue weighted by Gasteiger charge is 2.40. The van der Waals surface area contributed by atoms with Crippen molar-refractivity contribution in [3.05, 3.63) is 12.2 Å². The van der Waals surface area contributed by atoms with Crippen LogP contribution in [0.15, 0.2) is 17.1 Å². The molecule has 25 heavy (non-hydrogen) atoms. The molecule has 3 atom stereocenters. The summed E-state index contributed by atoms with van der Waals surface area (Å²) >= 11 is 0. The first-order valence-corrected chi connectivity index (χ1v) is 8.55. The van der Waals surface area contributed by atoms with Crippen molar-refractivity contribution >= 4 is 25.4 Å². The molecule has 2 amide bonds. The minimum atomic E-state index is -0.660. The first kappa shape index (κ1) is 21.2. The van der Waals surface area contributed by atoms with Gasteiger partial charge in [-0.15, -0.1) is 0 Å². The van der Waals surface area contributed by atoms with Gasteiger partial charge in [-0.05, 0) is 19.4 Å². The van der Waals surface area contributed by atoms with Gasteiger partial charge in [0, 0.05) is 25.9 Å². The van der Waals surface area contributed by atoms with Gasteiger partial charge in [0.25, 0.3) is 0 Å². The molecule has 0 aliphatic carbocycles. The average molecular weight is 347 g/mol. The number of rotatable bonds is 7. The number of aliphatic imine (C=N–C) groups is 1. The SMILES string of the molecule is [B]C1=NC(C(=O)N[C@H](C(=O)NC)C(C)(C)C)C(CNC)N1C/C=C\C. The molecule has 3 N–H and O–H groups in total. The van der Waals surface area contributed by atoms with Crippen LogP contribution in [0.5, 0.6) is 0 Å². The van der Waals surface area contributed by atoms with E-state index in [1.54, 1.807) is 7.05 Å². The normalized spacial score (nSPS) is 22.0. The second-order valence-corrected chi connectivity index (χ2v) is 7.20. The first-order valence-electron chi connectivity index (χ1n) is 8.55. The fourth-order valence-electron chi connectivity index (χ4n) is 2.80. The minimum Gasteiger partial charge on any atom is -0.359 e. The molecule has 7 nitrogen and oxygen atoms in total. The van der Waals surface area contributed by atoms with Crippen LogP contribution in [0.3, 0.4) is 0 Å². The quantitative estimate of drug-likeness (QED) is 0.434. The molecular weight excluding hydrogens is 317 g/mol. The zero-order valence-corrected chi connectivity index (χ0v) is 16.1. The van der Waals surface area contributed by atoms with Crippen molar-refractivity contribution in [1.82, 2.24) is 20.9 Å². The maximum atomic E-state index is 12.8. The standard InChI is InChI=1S/C17H30BN5O2/c1-7-8-9-23-11(10-19-5)12(21-16(23)18)14(24)22-13(15(25)20-6)17(2,3)4/h7-8,11-13,19H,9-10H2,1-6H3,(H,20,25)(H,22,24)/b8-7-/t11?,12?,13-/m1/s1. The summed E-state index contributed by atoms with van der Waals surface area (Å²) in [5.41, 5.74) is -0.0852. The first-order chi connectivity index (χ1) is 11.7. The van der Waals surface area contributed by atoms with Crippen molar-refractivity contribution in [2.24, 2.45) is 10.4 Å². The third kappa shape index (κ3) is 5.32. The summed E-state index contributed by atoms with van der Waals surface area (Å²) in [6.07, 6.45) is 3.89. The zero-order chi connectivity index (χ0) is 19.2. The van der Waals surface area contributed by atoms with E-state index in [1.165, 1.54) is 0 Å². The van der Waals surface area contributed by atoms with Gasteiger partial charge in [0.15, 0.2) is 13.9 Å². The summed E-state index contributed by atoms with van der Waals surface area (Å²) in [4.78, 5) is 31.3. The molecule has 138 valence electrons. The van der Waals surface area contributed by atoms with Crippen LogP contribution in [0.2, 0.25) is 0 Å². The van der Waals surface area contributed by atoms with E-state index >= 15 is 0 Å². The Labute approximate surface area is 152 Å². The Hall–Kier alpha value is -1.83. The molecule has 0 aromatic carbocycles. The largest absolute Gasteiger partial charge is 0.359 e. The highest BCUT2D eigenvalue weighted by Crippen LogP contribution is 2.22. The number of nitrogens with zero attached hydrogens (tertiary/aromatic N) is 2. The fraction of sp³-hybridized carbons (Fsp3) is 0.706. The summed E-state index contributed by atoms with van der Waals surface area (Å²) < 4.78 is 0. The highest BCUT2D eigenvalue weighted by molar-refractivity contribution is 6.59. The van der Waals surface area contributed by atoms with Crippen molar-refractivity contribution in [1.29, 1.82) is 0 Å². The molecule has 2 unspecified atom stereocenters. The molecule has 8 heteroatoms. The van der Waals surface area contributed by atoms with E-state index in [1.807, 2.05) is 51.8 Å². The molecule has 0 saturated carbocycles. The Balaban J connectivity index is 2.99. The number of nitrogens with one attached hydrogen (secondary N) is 3. The predicted octanol–water partition coefficient (Wildman–Crippen LogP) is -0.364. The van der Waals surface area contributed by atoms with Gasteiger partial charge in [0.05, 0.1) is 6.04 Å². The van der Waals surface area contributed by atoms with Gasteiger partial charge in [0.1, 0.15) is 6.04 Å². The van der Waals surface area contributed by atoms with Crippen LogP contribution < -0.4 is 16.0 Å². The molecule has 1 aliphatic rings. The number of carbonyl (C=O) groups excluding carboxylic acids is 2. The number of carbonyl (C=O) groups is 2. The fourth-order valence-corrected chi connectivity index (χ4v) is 2.80. The van der Waals surface area contributed by atoms with E-state index in [9.17, 15) is 9.59 Å². The van der Waals surface area contributed by atoms with Crippen molar-refractivity contribution < 1.29 is 9.59 Å². The average Bonchev–Trinajstić information content (AvgIpc) is 2.85. The second kappa shape index (κ2) is 9.03. The third-order valence-corrected chi connectivity index (χ3v) is 4.21. The smallest absolute Gasteiger partial charge is 0.247 e. The summed E-state index contributed by atoms with van der Waals surface area (Å²) in [5.74, 6) is -0.526. The Kier molecular flexibility index (Phi) is 7.67. The highest BCUT2D eigenvalue weighted by atomic mass is 16.2. The number of amides is 2. The van der Waals surface area contributed by atoms with Crippen LogP contribution in [0.25, 0.3) is 0 Å². The Morgan fingerprint density at radius 3 is 2.48 bits per heavy atom. The van der Waals surface area contributed by atoms with Crippen molar-refractivity contribution in [2.75, 3.05) is 27.2 Å². The van der Waals surface area contributed by atoms with Gasteiger partial charge in [-0.3, -0.25) is 14.6 Å². The second-order valence-electron chi connectivity index (χ2n) is 7.20. The summed E-state index contributed by atoms with van der Waals surface area (Å²) in [7, 11) is 9.40. The van der Waals surface area contributed by atoms with Crippen molar-refractivity contribution in [3.8, 4) is 0 Å². The van der Waals surface area contributed by atoms with Gasteiger partial charge in [-0.2, -0.15) is 0 Å². The molecular formula is C17H30BN5O2. The van der Waals surface area contributed by atoms with E-state index in [2.05, 4.69) is 20.9 Å². The van der Waals surface area contributed by atoms with E-state index in [0.717, 1.165) is 0 Å². The number of amidine groups is 1. The van der Waals surface area contributed by atoms with E-state index in [-0.39, 0.29) is 17.9 Å². The lowest BCUT2D eigenvalue weighted by atomic mass is 9.85. The number of hydrogen-bond acceptors (Lipinski definition) is 5. The van der Waals surface area contributed by atoms with Gasteiger partial charge in [-0.25, -0.2) is 0 Å². The maximum absolute atomic E-state index is 12.8.